The molecule has 1 atom stereocenters. The number of hydrogen-bond donors (Lipinski definition) is 1. The molecule has 0 bridgehead atoms. The van der Waals surface area contributed by atoms with Crippen molar-refractivity contribution in [3.05, 3.63) is 59.9 Å². The summed E-state index contributed by atoms with van der Waals surface area (Å²) in [5.74, 6) is 0.473. The van der Waals surface area contributed by atoms with E-state index in [1.54, 1.807) is 6.08 Å². The van der Waals surface area contributed by atoms with E-state index in [-0.39, 0.29) is 5.92 Å². The van der Waals surface area contributed by atoms with Gasteiger partial charge in [0.1, 0.15) is 5.76 Å². The Bertz CT molecular complexity index is 327. The first-order chi connectivity index (χ1) is 5.88. The first-order valence-corrected chi connectivity index (χ1v) is 4.00. The van der Waals surface area contributed by atoms with Gasteiger partial charge in [-0.15, -0.1) is 0 Å². The van der Waals surface area contributed by atoms with E-state index >= 15 is 0 Å². The lowest BCUT2D eigenvalue weighted by Gasteiger charge is -2.14. The molecular weight excluding hydrogens is 148 g/mol. The average molecular weight is 158 g/mol. The lowest BCUT2D eigenvalue weighted by atomic mass is 9.93. The second-order valence-electron chi connectivity index (χ2n) is 2.86. The molecule has 0 aromatic rings. The van der Waals surface area contributed by atoms with Crippen molar-refractivity contribution in [3.8, 4) is 0 Å². The van der Waals surface area contributed by atoms with Gasteiger partial charge in [0.15, 0.2) is 0 Å². The highest BCUT2D eigenvalue weighted by molar-refractivity contribution is 5.42. The van der Waals surface area contributed by atoms with Crippen LogP contribution >= 0.6 is 0 Å². The van der Waals surface area contributed by atoms with Crippen LogP contribution in [0.5, 0.6) is 0 Å². The molecule has 60 valence electrons. The summed E-state index contributed by atoms with van der Waals surface area (Å²) in [6.45, 7) is 0. The predicted octanol–water partition coefficient (Wildman–Crippen LogP) is 2.67. The minimum atomic E-state index is 0.0602. The fraction of sp³-hybridized carbons (Fsp3) is 0.0909. The third-order valence-electron chi connectivity index (χ3n) is 2.05. The number of fused-ring (bicyclic) bond motifs is 1. The lowest BCUT2D eigenvalue weighted by Crippen LogP contribution is -2.04. The van der Waals surface area contributed by atoms with E-state index in [1.165, 1.54) is 0 Å². The van der Waals surface area contributed by atoms with Crippen LogP contribution in [0.2, 0.25) is 0 Å². The van der Waals surface area contributed by atoms with Gasteiger partial charge in [0.25, 0.3) is 0 Å². The van der Waals surface area contributed by atoms with E-state index in [0.29, 0.717) is 5.76 Å². The van der Waals surface area contributed by atoms with Gasteiger partial charge < -0.3 is 5.11 Å². The third kappa shape index (κ3) is 1.14. The average Bonchev–Trinajstić information content (AvgIpc) is 2.29. The number of aliphatic hydroxyl groups is 1. The zero-order valence-corrected chi connectivity index (χ0v) is 6.64. The summed E-state index contributed by atoms with van der Waals surface area (Å²) in [7, 11) is 0. The van der Waals surface area contributed by atoms with Crippen LogP contribution in [0.25, 0.3) is 0 Å². The molecule has 0 radical (unpaired) electrons. The number of allylic oxidation sites excluding steroid dienone is 8. The minimum absolute atomic E-state index is 0.0602. The molecule has 0 spiro atoms. The smallest absolute Gasteiger partial charge is 0.103 e. The monoisotopic (exact) mass is 158 g/mol. The lowest BCUT2D eigenvalue weighted by molar-refractivity contribution is 0.373. The Morgan fingerprint density at radius 2 is 1.83 bits per heavy atom. The maximum absolute atomic E-state index is 9.57. The summed E-state index contributed by atoms with van der Waals surface area (Å²) in [5, 5.41) is 9.57. The minimum Gasteiger partial charge on any atom is -0.511 e. The summed E-state index contributed by atoms with van der Waals surface area (Å²) in [6.07, 6.45) is 15.5. The van der Waals surface area contributed by atoms with E-state index in [0.717, 1.165) is 5.57 Å². The van der Waals surface area contributed by atoms with Crippen LogP contribution in [0.15, 0.2) is 59.9 Å². The molecule has 0 aromatic heterocycles. The van der Waals surface area contributed by atoms with Gasteiger partial charge in [-0.3, -0.25) is 0 Å². The summed E-state index contributed by atoms with van der Waals surface area (Å²) in [5.41, 5.74) is 1.14. The van der Waals surface area contributed by atoms with E-state index in [4.69, 9.17) is 0 Å². The third-order valence-corrected chi connectivity index (χ3v) is 2.05. The maximum Gasteiger partial charge on any atom is 0.103 e. The topological polar surface area (TPSA) is 20.2 Å². The van der Waals surface area contributed by atoms with E-state index in [2.05, 4.69) is 0 Å². The Hall–Kier alpha value is -1.50. The Morgan fingerprint density at radius 3 is 2.75 bits per heavy atom. The standard InChI is InChI=1S/C11H10O/c12-11-8-4-2-6-9-5-1-3-7-10(9)11/h1-8,10,12H. The molecule has 1 heteroatoms. The van der Waals surface area contributed by atoms with Gasteiger partial charge in [-0.05, 0) is 11.6 Å². The Kier molecular flexibility index (Phi) is 1.71. The van der Waals surface area contributed by atoms with Gasteiger partial charge >= 0.3 is 0 Å². The molecule has 1 N–H and O–H groups in total. The molecule has 0 saturated carbocycles. The van der Waals surface area contributed by atoms with Crippen LogP contribution < -0.4 is 0 Å². The molecular formula is C11H10O. The molecule has 0 fully saturated rings. The maximum atomic E-state index is 9.57. The highest BCUT2D eigenvalue weighted by atomic mass is 16.3. The molecule has 1 unspecified atom stereocenters. The van der Waals surface area contributed by atoms with Crippen LogP contribution in [0, 0.1) is 5.92 Å². The van der Waals surface area contributed by atoms with Crippen molar-refractivity contribution < 1.29 is 5.11 Å². The van der Waals surface area contributed by atoms with E-state index < -0.39 is 0 Å². The summed E-state index contributed by atoms with van der Waals surface area (Å²) in [6, 6.07) is 0. The van der Waals surface area contributed by atoms with Gasteiger partial charge in [0.05, 0.1) is 5.92 Å². The molecule has 1 nitrogen and oxygen atoms in total. The summed E-state index contributed by atoms with van der Waals surface area (Å²) < 4.78 is 0. The van der Waals surface area contributed by atoms with Gasteiger partial charge in [-0.1, -0.05) is 42.5 Å². The molecule has 2 rings (SSSR count). The van der Waals surface area contributed by atoms with Gasteiger partial charge in [0, 0.05) is 0 Å². The zero-order chi connectivity index (χ0) is 8.39. The first kappa shape index (κ1) is 7.17. The van der Waals surface area contributed by atoms with Gasteiger partial charge in [-0.25, -0.2) is 0 Å². The highest BCUT2D eigenvalue weighted by Gasteiger charge is 2.15. The number of rotatable bonds is 0. The van der Waals surface area contributed by atoms with Crippen LogP contribution in [0.1, 0.15) is 0 Å². The van der Waals surface area contributed by atoms with Crippen LogP contribution in [0.4, 0.5) is 0 Å². The van der Waals surface area contributed by atoms with Crippen molar-refractivity contribution in [1.29, 1.82) is 0 Å². The second-order valence-corrected chi connectivity index (χ2v) is 2.86. The van der Waals surface area contributed by atoms with E-state index in [9.17, 15) is 5.11 Å². The van der Waals surface area contributed by atoms with Crippen LogP contribution in [-0.4, -0.2) is 5.11 Å². The molecule has 0 saturated heterocycles. The molecule has 2 aliphatic carbocycles. The normalized spacial score (nSPS) is 25.8. The summed E-state index contributed by atoms with van der Waals surface area (Å²) in [4.78, 5) is 0. The molecule has 0 heterocycles. The van der Waals surface area contributed by atoms with Crippen molar-refractivity contribution >= 4 is 0 Å². The zero-order valence-electron chi connectivity index (χ0n) is 6.64. The second kappa shape index (κ2) is 2.86. The fourth-order valence-electron chi connectivity index (χ4n) is 1.41. The van der Waals surface area contributed by atoms with Crippen LogP contribution in [0.3, 0.4) is 0 Å². The van der Waals surface area contributed by atoms with Crippen molar-refractivity contribution in [1.82, 2.24) is 0 Å². The van der Waals surface area contributed by atoms with Crippen molar-refractivity contribution in [3.63, 3.8) is 0 Å². The Balaban J connectivity index is 2.43. The molecule has 2 aliphatic rings. The number of aliphatic hydroxyl groups excluding tert-OH is 1. The molecule has 12 heavy (non-hydrogen) atoms. The quantitative estimate of drug-likeness (QED) is 0.574. The van der Waals surface area contributed by atoms with Crippen molar-refractivity contribution in [2.24, 2.45) is 5.92 Å². The first-order valence-electron chi connectivity index (χ1n) is 4.00. The summed E-state index contributed by atoms with van der Waals surface area (Å²) >= 11 is 0. The van der Waals surface area contributed by atoms with Crippen LogP contribution in [-0.2, 0) is 0 Å². The molecule has 0 aliphatic heterocycles. The van der Waals surface area contributed by atoms with Gasteiger partial charge in [-0.2, -0.15) is 0 Å². The largest absolute Gasteiger partial charge is 0.511 e. The Labute approximate surface area is 71.7 Å². The molecule has 0 amide bonds. The van der Waals surface area contributed by atoms with Crippen molar-refractivity contribution in [2.45, 2.75) is 0 Å². The van der Waals surface area contributed by atoms with E-state index in [1.807, 2.05) is 42.5 Å². The fourth-order valence-corrected chi connectivity index (χ4v) is 1.41. The molecule has 0 aromatic carbocycles. The Morgan fingerprint density at radius 1 is 1.00 bits per heavy atom. The predicted molar refractivity (Wildman–Crippen MR) is 49.7 cm³/mol. The highest BCUT2D eigenvalue weighted by Crippen LogP contribution is 2.26. The number of hydrogen-bond acceptors (Lipinski definition) is 1. The van der Waals surface area contributed by atoms with Gasteiger partial charge in [0.2, 0.25) is 0 Å². The van der Waals surface area contributed by atoms with Crippen molar-refractivity contribution in [2.75, 3.05) is 0 Å². The SMILES string of the molecule is OC1=CC=CC=C2C=CC=CC12.